The van der Waals surface area contributed by atoms with Crippen LogP contribution in [0.3, 0.4) is 0 Å². The summed E-state index contributed by atoms with van der Waals surface area (Å²) in [5, 5.41) is 2.77. The van der Waals surface area contributed by atoms with E-state index in [-0.39, 0.29) is 36.9 Å². The zero-order valence-electron chi connectivity index (χ0n) is 12.8. The molecule has 1 aromatic heterocycles. The third kappa shape index (κ3) is 3.75. The topological polar surface area (TPSA) is 71.5 Å². The van der Waals surface area contributed by atoms with Crippen LogP contribution in [0.15, 0.2) is 48.8 Å². The molecule has 0 radical (unpaired) electrons. The van der Waals surface area contributed by atoms with E-state index < -0.39 is 0 Å². The van der Waals surface area contributed by atoms with Gasteiger partial charge >= 0.3 is 0 Å². The summed E-state index contributed by atoms with van der Waals surface area (Å²) in [6, 6.07) is 8.93. The molecule has 124 valence electrons. The predicted octanol–water partition coefficient (Wildman–Crippen LogP) is 1.38. The molecule has 6 nitrogen and oxygen atoms in total. The van der Waals surface area contributed by atoms with Gasteiger partial charge in [-0.25, -0.2) is 4.39 Å². The molecule has 1 N–H and O–H groups in total. The fraction of sp³-hybridized carbons (Fsp3) is 0.235. The molecule has 0 saturated carbocycles. The number of hydrogen-bond donors (Lipinski definition) is 1. The van der Waals surface area contributed by atoms with Crippen LogP contribution in [0.5, 0.6) is 0 Å². The minimum Gasteiger partial charge on any atom is -0.365 e. The fourth-order valence-electron chi connectivity index (χ4n) is 2.43. The molecule has 7 heteroatoms. The van der Waals surface area contributed by atoms with Gasteiger partial charge in [-0.1, -0.05) is 0 Å². The van der Waals surface area contributed by atoms with E-state index in [0.717, 1.165) is 0 Å². The van der Waals surface area contributed by atoms with Gasteiger partial charge in [0, 0.05) is 30.2 Å². The number of aromatic nitrogens is 1. The number of amides is 2. The summed E-state index contributed by atoms with van der Waals surface area (Å²) in [5.74, 6) is -0.787. The number of anilines is 1. The molecule has 0 spiro atoms. The van der Waals surface area contributed by atoms with Gasteiger partial charge in [0.1, 0.15) is 12.4 Å². The van der Waals surface area contributed by atoms with E-state index in [1.165, 1.54) is 17.0 Å². The highest BCUT2D eigenvalue weighted by molar-refractivity contribution is 5.95. The zero-order chi connectivity index (χ0) is 16.9. The van der Waals surface area contributed by atoms with Gasteiger partial charge in [0.15, 0.2) is 0 Å². The molecule has 3 rings (SSSR count). The maximum Gasteiger partial charge on any atom is 0.253 e. The van der Waals surface area contributed by atoms with Crippen LogP contribution in [-0.2, 0) is 9.53 Å². The average molecular weight is 329 g/mol. The maximum absolute atomic E-state index is 13.0. The number of ether oxygens (including phenoxy) is 1. The first-order valence-corrected chi connectivity index (χ1v) is 7.49. The number of hydrogen-bond acceptors (Lipinski definition) is 4. The number of nitrogens with one attached hydrogen (secondary N) is 1. The first-order chi connectivity index (χ1) is 11.6. The minimum atomic E-state index is -0.361. The van der Waals surface area contributed by atoms with Crippen LogP contribution in [0.4, 0.5) is 10.1 Å². The Bertz CT molecular complexity index is 722. The Kier molecular flexibility index (Phi) is 4.81. The molecule has 1 fully saturated rings. The SMILES string of the molecule is O=C(NCC1CN(c2ccc(F)cc2)C(=O)CO1)c1ccncc1. The molecule has 0 aliphatic carbocycles. The van der Waals surface area contributed by atoms with Crippen LogP contribution in [0.1, 0.15) is 10.4 Å². The van der Waals surface area contributed by atoms with Crippen molar-refractivity contribution in [1.82, 2.24) is 10.3 Å². The van der Waals surface area contributed by atoms with Crippen molar-refractivity contribution in [2.75, 3.05) is 24.6 Å². The van der Waals surface area contributed by atoms with Crippen LogP contribution in [-0.4, -0.2) is 42.6 Å². The number of carbonyl (C=O) groups is 2. The second-order valence-corrected chi connectivity index (χ2v) is 5.36. The van der Waals surface area contributed by atoms with Gasteiger partial charge in [-0.15, -0.1) is 0 Å². The lowest BCUT2D eigenvalue weighted by atomic mass is 10.2. The first kappa shape index (κ1) is 16.1. The maximum atomic E-state index is 13.0. The molecule has 1 unspecified atom stereocenters. The lowest BCUT2D eigenvalue weighted by molar-refractivity contribution is -0.129. The third-order valence-electron chi connectivity index (χ3n) is 3.70. The van der Waals surface area contributed by atoms with E-state index in [2.05, 4.69) is 10.3 Å². The highest BCUT2D eigenvalue weighted by Crippen LogP contribution is 2.19. The van der Waals surface area contributed by atoms with Gasteiger partial charge in [-0.05, 0) is 36.4 Å². The summed E-state index contributed by atoms with van der Waals surface area (Å²) in [6.07, 6.45) is 2.75. The Hall–Kier alpha value is -2.80. The molecule has 1 aliphatic rings. The van der Waals surface area contributed by atoms with Crippen molar-refractivity contribution in [1.29, 1.82) is 0 Å². The van der Waals surface area contributed by atoms with Crippen molar-refractivity contribution in [3.8, 4) is 0 Å². The number of nitrogens with zero attached hydrogens (tertiary/aromatic N) is 2. The molecule has 1 saturated heterocycles. The van der Waals surface area contributed by atoms with Gasteiger partial charge in [-0.3, -0.25) is 14.6 Å². The van der Waals surface area contributed by atoms with Gasteiger partial charge in [0.25, 0.3) is 11.8 Å². The van der Waals surface area contributed by atoms with Gasteiger partial charge in [-0.2, -0.15) is 0 Å². The summed E-state index contributed by atoms with van der Waals surface area (Å²) >= 11 is 0. The van der Waals surface area contributed by atoms with Crippen molar-refractivity contribution >= 4 is 17.5 Å². The van der Waals surface area contributed by atoms with Gasteiger partial charge < -0.3 is 15.0 Å². The van der Waals surface area contributed by atoms with Crippen molar-refractivity contribution in [2.24, 2.45) is 0 Å². The fourth-order valence-corrected chi connectivity index (χ4v) is 2.43. The van der Waals surface area contributed by atoms with Crippen molar-refractivity contribution in [3.63, 3.8) is 0 Å². The van der Waals surface area contributed by atoms with Gasteiger partial charge in [0.2, 0.25) is 0 Å². The smallest absolute Gasteiger partial charge is 0.253 e. The second kappa shape index (κ2) is 7.18. The van der Waals surface area contributed by atoms with E-state index in [9.17, 15) is 14.0 Å². The highest BCUT2D eigenvalue weighted by atomic mass is 19.1. The molecule has 1 aromatic carbocycles. The number of benzene rings is 1. The molecule has 2 heterocycles. The predicted molar refractivity (Wildman–Crippen MR) is 85.1 cm³/mol. The standard InChI is InChI=1S/C17H16FN3O3/c18-13-1-3-14(4-2-13)21-10-15(24-11-16(21)22)9-20-17(23)12-5-7-19-8-6-12/h1-8,15H,9-11H2,(H,20,23). The lowest BCUT2D eigenvalue weighted by Gasteiger charge is -2.32. The third-order valence-corrected chi connectivity index (χ3v) is 3.70. The van der Waals surface area contributed by atoms with Crippen LogP contribution in [0.25, 0.3) is 0 Å². The average Bonchev–Trinajstić information content (AvgIpc) is 2.62. The quantitative estimate of drug-likeness (QED) is 0.920. The zero-order valence-corrected chi connectivity index (χ0v) is 12.8. The van der Waals surface area contributed by atoms with E-state index in [0.29, 0.717) is 17.8 Å². The Morgan fingerprint density at radius 3 is 2.67 bits per heavy atom. The summed E-state index contributed by atoms with van der Waals surface area (Å²) in [6.45, 7) is 0.487. The van der Waals surface area contributed by atoms with Crippen molar-refractivity contribution in [3.05, 3.63) is 60.2 Å². The van der Waals surface area contributed by atoms with Crippen LogP contribution in [0, 0.1) is 5.82 Å². The largest absolute Gasteiger partial charge is 0.365 e. The van der Waals surface area contributed by atoms with E-state index in [4.69, 9.17) is 4.74 Å². The molecule has 1 atom stereocenters. The number of carbonyl (C=O) groups excluding carboxylic acids is 2. The second-order valence-electron chi connectivity index (χ2n) is 5.36. The van der Waals surface area contributed by atoms with E-state index in [1.807, 2.05) is 0 Å². The number of pyridine rings is 1. The molecule has 24 heavy (non-hydrogen) atoms. The molecule has 2 aromatic rings. The van der Waals surface area contributed by atoms with E-state index in [1.54, 1.807) is 36.7 Å². The summed E-state index contributed by atoms with van der Waals surface area (Å²) in [4.78, 5) is 29.4. The Morgan fingerprint density at radius 1 is 1.25 bits per heavy atom. The van der Waals surface area contributed by atoms with Crippen LogP contribution in [0.2, 0.25) is 0 Å². The summed E-state index contributed by atoms with van der Waals surface area (Å²) < 4.78 is 18.5. The van der Waals surface area contributed by atoms with Crippen LogP contribution < -0.4 is 10.2 Å². The molecular weight excluding hydrogens is 313 g/mol. The minimum absolute atomic E-state index is 0.0762. The summed E-state index contributed by atoms with van der Waals surface area (Å²) in [5.41, 5.74) is 1.11. The Labute approximate surface area is 138 Å². The first-order valence-electron chi connectivity index (χ1n) is 7.49. The Morgan fingerprint density at radius 2 is 1.96 bits per heavy atom. The Balaban J connectivity index is 1.60. The van der Waals surface area contributed by atoms with Gasteiger partial charge in [0.05, 0.1) is 12.6 Å². The number of halogens is 1. The van der Waals surface area contributed by atoms with Crippen molar-refractivity contribution in [2.45, 2.75) is 6.10 Å². The number of morpholine rings is 1. The summed E-state index contributed by atoms with van der Waals surface area (Å²) in [7, 11) is 0. The van der Waals surface area contributed by atoms with Crippen LogP contribution >= 0.6 is 0 Å². The molecule has 1 aliphatic heterocycles. The molecular formula is C17H16FN3O3. The van der Waals surface area contributed by atoms with Crippen molar-refractivity contribution < 1.29 is 18.7 Å². The molecule has 2 amide bonds. The highest BCUT2D eigenvalue weighted by Gasteiger charge is 2.27. The van der Waals surface area contributed by atoms with E-state index >= 15 is 0 Å². The number of rotatable bonds is 4. The monoisotopic (exact) mass is 329 g/mol. The lowest BCUT2D eigenvalue weighted by Crippen LogP contribution is -2.50. The molecule has 0 bridgehead atoms. The normalized spacial score (nSPS) is 17.6.